The first kappa shape index (κ1) is 44.5. The van der Waals surface area contributed by atoms with E-state index >= 15 is 0 Å². The van der Waals surface area contributed by atoms with Gasteiger partial charge in [-0.2, -0.15) is 0 Å². The smallest absolute Gasteiger partial charge is 0.0543 e. The summed E-state index contributed by atoms with van der Waals surface area (Å²) in [6.45, 7) is 17.8. The van der Waals surface area contributed by atoms with Crippen molar-refractivity contribution in [3.63, 3.8) is 0 Å². The summed E-state index contributed by atoms with van der Waals surface area (Å²) >= 11 is 0. The molecule has 2 aromatic heterocycles. The normalized spacial score (nSPS) is 14.0. The Morgan fingerprint density at radius 3 is 1.52 bits per heavy atom. The molecular formula is C72H55N3. The third-order valence-electron chi connectivity index (χ3n) is 16.6. The number of para-hydroxylation sites is 4. The largest absolute Gasteiger partial charge is 0.310 e. The number of anilines is 3. The molecule has 0 spiro atoms. The summed E-state index contributed by atoms with van der Waals surface area (Å²) < 4.78 is 5.05. The van der Waals surface area contributed by atoms with Crippen LogP contribution in [0.25, 0.3) is 93.9 Å². The molecule has 0 aliphatic heterocycles. The van der Waals surface area contributed by atoms with Crippen LogP contribution >= 0.6 is 0 Å². The van der Waals surface area contributed by atoms with E-state index in [4.69, 9.17) is 0 Å². The molecule has 0 saturated heterocycles. The number of fused-ring (bicyclic) bond motifs is 12. The molecule has 0 N–H and O–H groups in total. The Balaban J connectivity index is 1.01. The Morgan fingerprint density at radius 1 is 0.440 bits per heavy atom. The Bertz CT molecular complexity index is 4260. The monoisotopic (exact) mass is 961 g/mol. The van der Waals surface area contributed by atoms with Gasteiger partial charge >= 0.3 is 0 Å². The first-order valence-corrected chi connectivity index (χ1v) is 26.2. The molecule has 0 saturated carbocycles. The van der Waals surface area contributed by atoms with E-state index < -0.39 is 0 Å². The summed E-state index contributed by atoms with van der Waals surface area (Å²) in [6, 6.07) is 81.3. The lowest BCUT2D eigenvalue weighted by atomic mass is 9.79. The maximum atomic E-state index is 4.11. The van der Waals surface area contributed by atoms with Gasteiger partial charge in [-0.3, -0.25) is 0 Å². The number of nitrogens with zero attached hydrogens (tertiary/aromatic N) is 3. The lowest BCUT2D eigenvalue weighted by Gasteiger charge is -2.29. The second-order valence-corrected chi connectivity index (χ2v) is 21.4. The number of allylic oxidation sites excluding steroid dienone is 4. The summed E-state index contributed by atoms with van der Waals surface area (Å²) in [6.07, 6.45) is 5.74. The van der Waals surface area contributed by atoms with Crippen molar-refractivity contribution in [1.82, 2.24) is 9.13 Å². The van der Waals surface area contributed by atoms with Crippen LogP contribution in [0.15, 0.2) is 250 Å². The lowest BCUT2D eigenvalue weighted by Crippen LogP contribution is -2.19. The van der Waals surface area contributed by atoms with Gasteiger partial charge in [0, 0.05) is 55.0 Å². The van der Waals surface area contributed by atoms with Crippen molar-refractivity contribution in [2.75, 3.05) is 4.90 Å². The van der Waals surface area contributed by atoms with E-state index in [0.29, 0.717) is 0 Å². The van der Waals surface area contributed by atoms with E-state index in [2.05, 4.69) is 273 Å². The number of hydrogen-bond acceptors (Lipinski definition) is 1. The second-order valence-electron chi connectivity index (χ2n) is 21.4. The van der Waals surface area contributed by atoms with E-state index in [-0.39, 0.29) is 10.8 Å². The van der Waals surface area contributed by atoms with E-state index in [1.807, 2.05) is 18.2 Å². The maximum absolute atomic E-state index is 4.11. The molecule has 14 rings (SSSR count). The van der Waals surface area contributed by atoms with Crippen LogP contribution in [0.5, 0.6) is 0 Å². The van der Waals surface area contributed by atoms with Gasteiger partial charge < -0.3 is 14.0 Å². The highest BCUT2D eigenvalue weighted by molar-refractivity contribution is 6.11. The highest BCUT2D eigenvalue weighted by Crippen LogP contribution is 2.60. The molecule has 10 aromatic carbocycles. The van der Waals surface area contributed by atoms with Crippen LogP contribution in [-0.2, 0) is 10.8 Å². The summed E-state index contributed by atoms with van der Waals surface area (Å²) in [5.41, 5.74) is 24.8. The second kappa shape index (κ2) is 16.7. The predicted molar refractivity (Wildman–Crippen MR) is 319 cm³/mol. The standard InChI is InChI=1S/C72H55N3/c1-7-21-46(8-2)48-34-38-50(39-35-48)73(51-40-36-49(37-41-51)47-22-10-9-11-23-47)67-33-20-28-60-69(67)59-45-61-57(44-62(59)71(60,3)4)58-42-52(74-63-29-16-12-24-53(63)54-25-13-17-30-64(54)74)43-68(70(58)72(61,5)6)75-65-31-18-14-26-55(65)56-27-15-19-32-66(56)75/h7-45H,1-2H2,3-6H3/b46-21+. The predicted octanol–water partition coefficient (Wildman–Crippen LogP) is 19.4. The van der Waals surface area contributed by atoms with Gasteiger partial charge in [0.05, 0.1) is 33.4 Å². The molecule has 0 fully saturated rings. The van der Waals surface area contributed by atoms with E-state index in [9.17, 15) is 0 Å². The molecular weight excluding hydrogens is 907 g/mol. The molecule has 2 aliphatic carbocycles. The average Bonchev–Trinajstić information content (AvgIpc) is 4.28. The van der Waals surface area contributed by atoms with Crippen molar-refractivity contribution in [3.05, 3.63) is 278 Å². The molecule has 75 heavy (non-hydrogen) atoms. The molecule has 0 atom stereocenters. The van der Waals surface area contributed by atoms with Crippen LogP contribution in [0.2, 0.25) is 0 Å². The Kier molecular flexibility index (Phi) is 9.90. The highest BCUT2D eigenvalue weighted by Gasteiger charge is 2.45. The minimum absolute atomic E-state index is 0.302. The van der Waals surface area contributed by atoms with Gasteiger partial charge in [-0.25, -0.2) is 0 Å². The Labute approximate surface area is 438 Å². The van der Waals surface area contributed by atoms with Crippen molar-refractivity contribution < 1.29 is 0 Å². The van der Waals surface area contributed by atoms with Gasteiger partial charge in [-0.05, 0) is 140 Å². The zero-order valence-electron chi connectivity index (χ0n) is 42.8. The number of benzene rings is 10. The van der Waals surface area contributed by atoms with Crippen LogP contribution in [0.1, 0.15) is 55.5 Å². The molecule has 0 unspecified atom stereocenters. The molecule has 2 heterocycles. The zero-order valence-corrected chi connectivity index (χ0v) is 42.8. The molecule has 12 aromatic rings. The molecule has 0 radical (unpaired) electrons. The van der Waals surface area contributed by atoms with Gasteiger partial charge in [0.25, 0.3) is 0 Å². The van der Waals surface area contributed by atoms with Crippen molar-refractivity contribution in [2.24, 2.45) is 0 Å². The summed E-state index contributed by atoms with van der Waals surface area (Å²) in [4.78, 5) is 2.46. The number of aromatic nitrogens is 2. The summed E-state index contributed by atoms with van der Waals surface area (Å²) in [7, 11) is 0. The van der Waals surface area contributed by atoms with Crippen molar-refractivity contribution in [3.8, 4) is 44.8 Å². The molecule has 0 amide bonds. The third-order valence-corrected chi connectivity index (χ3v) is 16.6. The topological polar surface area (TPSA) is 13.1 Å². The molecule has 3 heteroatoms. The van der Waals surface area contributed by atoms with Crippen LogP contribution in [0.3, 0.4) is 0 Å². The Hall–Kier alpha value is -9.18. The van der Waals surface area contributed by atoms with Crippen molar-refractivity contribution in [2.45, 2.75) is 38.5 Å². The van der Waals surface area contributed by atoms with Crippen LogP contribution in [-0.4, -0.2) is 9.13 Å². The van der Waals surface area contributed by atoms with E-state index in [1.54, 1.807) is 0 Å². The first-order valence-electron chi connectivity index (χ1n) is 26.2. The van der Waals surface area contributed by atoms with Crippen LogP contribution in [0, 0.1) is 0 Å². The van der Waals surface area contributed by atoms with Crippen LogP contribution in [0.4, 0.5) is 17.1 Å². The first-order chi connectivity index (χ1) is 36.6. The average molecular weight is 962 g/mol. The van der Waals surface area contributed by atoms with Crippen molar-refractivity contribution in [1.29, 1.82) is 0 Å². The minimum atomic E-state index is -0.382. The number of rotatable bonds is 9. The fourth-order valence-corrected chi connectivity index (χ4v) is 13.1. The van der Waals surface area contributed by atoms with E-state index in [1.165, 1.54) is 105 Å². The van der Waals surface area contributed by atoms with E-state index in [0.717, 1.165) is 33.9 Å². The summed E-state index contributed by atoms with van der Waals surface area (Å²) in [5.74, 6) is 0. The molecule has 358 valence electrons. The van der Waals surface area contributed by atoms with Crippen molar-refractivity contribution >= 4 is 66.2 Å². The van der Waals surface area contributed by atoms with Gasteiger partial charge in [-0.15, -0.1) is 0 Å². The third kappa shape index (κ3) is 6.54. The molecule has 3 nitrogen and oxygen atoms in total. The van der Waals surface area contributed by atoms with Crippen LogP contribution < -0.4 is 4.90 Å². The fraction of sp³-hybridized carbons (Fsp3) is 0.0833. The minimum Gasteiger partial charge on any atom is -0.310 e. The molecule has 0 bridgehead atoms. The maximum Gasteiger partial charge on any atom is 0.0543 e. The fourth-order valence-electron chi connectivity index (χ4n) is 13.1. The number of hydrogen-bond donors (Lipinski definition) is 0. The van der Waals surface area contributed by atoms with Gasteiger partial charge in [0.1, 0.15) is 0 Å². The zero-order chi connectivity index (χ0) is 50.7. The summed E-state index contributed by atoms with van der Waals surface area (Å²) in [5, 5.41) is 5.02. The quantitative estimate of drug-likeness (QED) is 0.131. The van der Waals surface area contributed by atoms with Gasteiger partial charge in [0.15, 0.2) is 0 Å². The highest BCUT2D eigenvalue weighted by atomic mass is 15.1. The Morgan fingerprint density at radius 2 is 0.947 bits per heavy atom. The molecule has 2 aliphatic rings. The lowest BCUT2D eigenvalue weighted by molar-refractivity contribution is 0.650. The SMILES string of the molecule is C=C/C=C(\C=C)c1ccc(N(c2ccc(-c3ccccc3)cc2)c2cccc3c2-c2cc4c(cc2C3(C)C)-c2cc(-n3c5ccccc5c5ccccc53)cc(-n3c5ccccc5c5ccccc53)c2C4(C)C)cc1. The van der Waals surface area contributed by atoms with Gasteiger partial charge in [-0.1, -0.05) is 199 Å². The van der Waals surface area contributed by atoms with Gasteiger partial charge in [0.2, 0.25) is 0 Å².